The molecule has 0 aliphatic heterocycles. The van der Waals surface area contributed by atoms with Crippen LogP contribution in [0.2, 0.25) is 0 Å². The normalized spacial score (nSPS) is 11.3. The number of alkyl halides is 3. The maximum absolute atomic E-state index is 12.5. The third-order valence-corrected chi connectivity index (χ3v) is 2.41. The Morgan fingerprint density at radius 3 is 2.56 bits per heavy atom. The summed E-state index contributed by atoms with van der Waals surface area (Å²) in [6.07, 6.45) is -2.66. The zero-order valence-electron chi connectivity index (χ0n) is 9.11. The number of halogens is 3. The quantitative estimate of drug-likeness (QED) is 0.763. The maximum Gasteiger partial charge on any atom is 0.416 e. The fourth-order valence-electron chi connectivity index (χ4n) is 1.54. The minimum Gasteiger partial charge on any atom is -0.298 e. The van der Waals surface area contributed by atoms with Gasteiger partial charge in [-0.15, -0.1) is 0 Å². The second-order valence-electron chi connectivity index (χ2n) is 3.67. The number of carbonyl (C=O) groups excluding carboxylic acids is 1. The van der Waals surface area contributed by atoms with Gasteiger partial charge < -0.3 is 0 Å². The van der Waals surface area contributed by atoms with Crippen molar-refractivity contribution in [1.82, 2.24) is 4.98 Å². The lowest BCUT2D eigenvalue weighted by atomic mass is 10.1. The van der Waals surface area contributed by atoms with Gasteiger partial charge in [-0.1, -0.05) is 18.2 Å². The molecule has 1 aromatic carbocycles. The van der Waals surface area contributed by atoms with Crippen LogP contribution >= 0.6 is 0 Å². The first-order valence-electron chi connectivity index (χ1n) is 5.09. The number of benzene rings is 1. The highest BCUT2D eigenvalue weighted by atomic mass is 19.4. The van der Waals surface area contributed by atoms with Crippen LogP contribution in [0.3, 0.4) is 0 Å². The molecule has 0 aliphatic carbocycles. The molecular weight excluding hydrogens is 243 g/mol. The molecule has 0 bridgehead atoms. The van der Waals surface area contributed by atoms with Crippen molar-refractivity contribution in [3.05, 3.63) is 53.7 Å². The van der Waals surface area contributed by atoms with Gasteiger partial charge in [0, 0.05) is 17.3 Å². The zero-order chi connectivity index (χ0) is 13.2. The molecule has 1 heterocycles. The van der Waals surface area contributed by atoms with E-state index in [1.54, 1.807) is 18.2 Å². The van der Waals surface area contributed by atoms with E-state index in [-0.39, 0.29) is 5.69 Å². The van der Waals surface area contributed by atoms with Crippen molar-refractivity contribution in [3.63, 3.8) is 0 Å². The molecule has 18 heavy (non-hydrogen) atoms. The number of pyridine rings is 1. The van der Waals surface area contributed by atoms with Crippen molar-refractivity contribution in [1.29, 1.82) is 0 Å². The van der Waals surface area contributed by atoms with Gasteiger partial charge in [-0.2, -0.15) is 13.2 Å². The van der Waals surface area contributed by atoms with Gasteiger partial charge in [0.15, 0.2) is 0 Å². The smallest absolute Gasteiger partial charge is 0.298 e. The highest BCUT2D eigenvalue weighted by Crippen LogP contribution is 2.31. The highest BCUT2D eigenvalue weighted by molar-refractivity contribution is 5.78. The zero-order valence-corrected chi connectivity index (χ0v) is 9.11. The average molecular weight is 251 g/mol. The Morgan fingerprint density at radius 2 is 1.89 bits per heavy atom. The minimum absolute atomic E-state index is 0.188. The van der Waals surface area contributed by atoms with Gasteiger partial charge >= 0.3 is 6.18 Å². The van der Waals surface area contributed by atoms with Crippen molar-refractivity contribution in [2.24, 2.45) is 0 Å². The van der Waals surface area contributed by atoms with Gasteiger partial charge in [-0.25, -0.2) is 0 Å². The Morgan fingerprint density at radius 1 is 1.11 bits per heavy atom. The molecular formula is C13H8F3NO. The van der Waals surface area contributed by atoms with E-state index < -0.39 is 11.7 Å². The van der Waals surface area contributed by atoms with Gasteiger partial charge in [0.1, 0.15) is 6.29 Å². The first kappa shape index (κ1) is 12.3. The van der Waals surface area contributed by atoms with Crippen LogP contribution in [0.1, 0.15) is 15.9 Å². The molecule has 0 amide bonds. The van der Waals surface area contributed by atoms with Crippen LogP contribution in [0, 0.1) is 0 Å². The average Bonchev–Trinajstić information content (AvgIpc) is 2.38. The Bertz CT molecular complexity index is 578. The summed E-state index contributed by atoms with van der Waals surface area (Å²) in [5, 5.41) is 0. The number of aldehydes is 1. The van der Waals surface area contributed by atoms with Gasteiger partial charge in [0.2, 0.25) is 0 Å². The fourth-order valence-corrected chi connectivity index (χ4v) is 1.54. The lowest BCUT2D eigenvalue weighted by Crippen LogP contribution is -2.05. The molecule has 0 radical (unpaired) electrons. The largest absolute Gasteiger partial charge is 0.416 e. The molecule has 5 heteroatoms. The van der Waals surface area contributed by atoms with Crippen LogP contribution in [0.15, 0.2) is 42.6 Å². The molecule has 1 aromatic heterocycles. The van der Waals surface area contributed by atoms with Crippen LogP contribution in [0.25, 0.3) is 11.3 Å². The summed E-state index contributed by atoms with van der Waals surface area (Å²) in [7, 11) is 0. The molecule has 0 fully saturated rings. The van der Waals surface area contributed by atoms with Crippen molar-refractivity contribution >= 4 is 6.29 Å². The Hall–Kier alpha value is -2.17. The van der Waals surface area contributed by atoms with Crippen LogP contribution in [0.4, 0.5) is 13.2 Å². The van der Waals surface area contributed by atoms with Crippen LogP contribution in [-0.4, -0.2) is 11.3 Å². The monoisotopic (exact) mass is 251 g/mol. The van der Waals surface area contributed by atoms with Crippen molar-refractivity contribution < 1.29 is 18.0 Å². The summed E-state index contributed by atoms with van der Waals surface area (Å²) in [6.45, 7) is 0. The van der Waals surface area contributed by atoms with E-state index in [2.05, 4.69) is 4.98 Å². The third kappa shape index (κ3) is 2.56. The van der Waals surface area contributed by atoms with Crippen LogP contribution in [0.5, 0.6) is 0 Å². The summed E-state index contributed by atoms with van der Waals surface area (Å²) in [5.74, 6) is 0. The molecule has 2 nitrogen and oxygen atoms in total. The lowest BCUT2D eigenvalue weighted by molar-refractivity contribution is -0.137. The molecule has 0 saturated carbocycles. The molecule has 92 valence electrons. The number of hydrogen-bond acceptors (Lipinski definition) is 2. The fraction of sp³-hybridized carbons (Fsp3) is 0.0769. The number of aromatic nitrogens is 1. The van der Waals surface area contributed by atoms with E-state index in [4.69, 9.17) is 0 Å². The second kappa shape index (κ2) is 4.60. The SMILES string of the molecule is O=Cc1cccc(-c2cc(C(F)(F)F)ccn2)c1. The Kier molecular flexibility index (Phi) is 3.14. The molecule has 0 N–H and O–H groups in total. The first-order valence-corrected chi connectivity index (χ1v) is 5.09. The van der Waals surface area contributed by atoms with E-state index >= 15 is 0 Å². The predicted octanol–water partition coefficient (Wildman–Crippen LogP) is 3.58. The summed E-state index contributed by atoms with van der Waals surface area (Å²) in [5.41, 5.74) is 0.301. The molecule has 2 aromatic rings. The second-order valence-corrected chi connectivity index (χ2v) is 3.67. The summed E-state index contributed by atoms with van der Waals surface area (Å²) in [4.78, 5) is 14.5. The number of rotatable bonds is 2. The molecule has 2 rings (SSSR count). The van der Waals surface area contributed by atoms with E-state index in [0.717, 1.165) is 18.3 Å². The van der Waals surface area contributed by atoms with Crippen LogP contribution in [-0.2, 0) is 6.18 Å². The number of hydrogen-bond donors (Lipinski definition) is 0. The van der Waals surface area contributed by atoms with Crippen molar-refractivity contribution in [2.75, 3.05) is 0 Å². The van der Waals surface area contributed by atoms with Gasteiger partial charge in [-0.3, -0.25) is 9.78 Å². The molecule has 0 saturated heterocycles. The number of carbonyl (C=O) groups is 1. The van der Waals surface area contributed by atoms with Crippen molar-refractivity contribution in [3.8, 4) is 11.3 Å². The van der Waals surface area contributed by atoms with E-state index in [1.807, 2.05) is 0 Å². The highest BCUT2D eigenvalue weighted by Gasteiger charge is 2.30. The van der Waals surface area contributed by atoms with E-state index in [9.17, 15) is 18.0 Å². The predicted molar refractivity (Wildman–Crippen MR) is 60.1 cm³/mol. The van der Waals surface area contributed by atoms with Crippen molar-refractivity contribution in [2.45, 2.75) is 6.18 Å². The van der Waals surface area contributed by atoms with Crippen LogP contribution < -0.4 is 0 Å². The summed E-state index contributed by atoms with van der Waals surface area (Å²) >= 11 is 0. The topological polar surface area (TPSA) is 30.0 Å². The third-order valence-electron chi connectivity index (χ3n) is 2.41. The number of nitrogens with zero attached hydrogens (tertiary/aromatic N) is 1. The molecule has 0 aliphatic rings. The Balaban J connectivity index is 2.47. The standard InChI is InChI=1S/C13H8F3NO/c14-13(15,16)11-4-5-17-12(7-11)10-3-1-2-9(6-10)8-18/h1-8H. The molecule has 0 unspecified atom stereocenters. The first-order chi connectivity index (χ1) is 8.50. The summed E-state index contributed by atoms with van der Waals surface area (Å²) in [6, 6.07) is 8.15. The maximum atomic E-state index is 12.5. The minimum atomic E-state index is -4.40. The Labute approximate surface area is 101 Å². The lowest BCUT2D eigenvalue weighted by Gasteiger charge is -2.08. The van der Waals surface area contributed by atoms with Gasteiger partial charge in [0.25, 0.3) is 0 Å². The van der Waals surface area contributed by atoms with E-state index in [1.165, 1.54) is 6.07 Å². The summed E-state index contributed by atoms with van der Waals surface area (Å²) < 4.78 is 37.6. The van der Waals surface area contributed by atoms with Gasteiger partial charge in [0.05, 0.1) is 11.3 Å². The van der Waals surface area contributed by atoms with Gasteiger partial charge in [-0.05, 0) is 18.2 Å². The van der Waals surface area contributed by atoms with E-state index in [0.29, 0.717) is 17.4 Å². The molecule has 0 atom stereocenters. The molecule has 0 spiro atoms.